The van der Waals surface area contributed by atoms with Gasteiger partial charge in [-0.05, 0) is 46.1 Å². The van der Waals surface area contributed by atoms with Crippen molar-refractivity contribution in [1.82, 2.24) is 4.98 Å². The molecule has 0 aliphatic carbocycles. The van der Waals surface area contributed by atoms with Gasteiger partial charge >= 0.3 is 0 Å². The molecule has 1 heterocycles. The number of nitrogens with zero attached hydrogens (tertiary/aromatic N) is 2. The Morgan fingerprint density at radius 1 is 1.32 bits per heavy atom. The van der Waals surface area contributed by atoms with E-state index in [4.69, 9.17) is 0 Å². The maximum Gasteiger partial charge on any atom is 0.185 e. The Hall–Kier alpha value is -1.99. The molecule has 0 fully saturated rings. The van der Waals surface area contributed by atoms with Gasteiger partial charge in [0.1, 0.15) is 5.92 Å². The van der Waals surface area contributed by atoms with Crippen LogP contribution in [0.4, 0.5) is 0 Å². The van der Waals surface area contributed by atoms with Crippen LogP contribution >= 0.6 is 15.9 Å². The van der Waals surface area contributed by atoms with Gasteiger partial charge in [-0.1, -0.05) is 18.2 Å². The van der Waals surface area contributed by atoms with Gasteiger partial charge in [-0.25, -0.2) is 0 Å². The van der Waals surface area contributed by atoms with Crippen molar-refractivity contribution >= 4 is 21.7 Å². The molecule has 0 radical (unpaired) electrons. The number of benzene rings is 1. The Morgan fingerprint density at radius 3 is 2.63 bits per heavy atom. The maximum absolute atomic E-state index is 12.5. The fourth-order valence-corrected chi connectivity index (χ4v) is 2.29. The lowest BCUT2D eigenvalue weighted by atomic mass is 9.92. The number of nitriles is 1. The Bertz CT molecular complexity index is 647. The Labute approximate surface area is 120 Å². The van der Waals surface area contributed by atoms with Crippen molar-refractivity contribution in [1.29, 1.82) is 5.26 Å². The highest BCUT2D eigenvalue weighted by atomic mass is 79.9. The Balaban J connectivity index is 2.43. The second-order valence-corrected chi connectivity index (χ2v) is 4.94. The standard InChI is InChI=1S/C15H11BrN2O/c1-10-3-2-4-12(14(10)16)15(19)13(9-17)11-5-7-18-8-6-11/h2-8,13H,1H3. The van der Waals surface area contributed by atoms with E-state index in [1.54, 1.807) is 30.6 Å². The molecule has 1 unspecified atom stereocenters. The molecule has 2 aromatic rings. The summed E-state index contributed by atoms with van der Waals surface area (Å²) >= 11 is 3.41. The van der Waals surface area contributed by atoms with Crippen LogP contribution < -0.4 is 0 Å². The molecule has 4 heteroatoms. The molecule has 2 rings (SSSR count). The van der Waals surface area contributed by atoms with E-state index < -0.39 is 5.92 Å². The number of halogens is 1. The summed E-state index contributed by atoms with van der Waals surface area (Å²) in [6, 6.07) is 10.9. The number of hydrogen-bond acceptors (Lipinski definition) is 3. The zero-order valence-corrected chi connectivity index (χ0v) is 11.9. The van der Waals surface area contributed by atoms with Crippen molar-refractivity contribution < 1.29 is 4.79 Å². The van der Waals surface area contributed by atoms with E-state index in [0.29, 0.717) is 11.1 Å². The van der Waals surface area contributed by atoms with Gasteiger partial charge in [-0.2, -0.15) is 5.26 Å². The lowest BCUT2D eigenvalue weighted by Crippen LogP contribution is -2.12. The van der Waals surface area contributed by atoms with Crippen LogP contribution in [0.1, 0.15) is 27.4 Å². The molecule has 1 aromatic heterocycles. The fraction of sp³-hybridized carbons (Fsp3) is 0.133. The van der Waals surface area contributed by atoms with Crippen molar-refractivity contribution in [2.75, 3.05) is 0 Å². The van der Waals surface area contributed by atoms with Gasteiger partial charge in [0.25, 0.3) is 0 Å². The third-order valence-electron chi connectivity index (χ3n) is 2.89. The first kappa shape index (κ1) is 13.4. The fourth-order valence-electron chi connectivity index (χ4n) is 1.83. The average Bonchev–Trinajstić information content (AvgIpc) is 2.44. The third kappa shape index (κ3) is 2.72. The third-order valence-corrected chi connectivity index (χ3v) is 3.94. The van der Waals surface area contributed by atoms with Crippen LogP contribution in [-0.4, -0.2) is 10.8 Å². The van der Waals surface area contributed by atoms with Crippen molar-refractivity contribution in [2.45, 2.75) is 12.8 Å². The van der Waals surface area contributed by atoms with Crippen LogP contribution in [0.3, 0.4) is 0 Å². The number of hydrogen-bond donors (Lipinski definition) is 0. The summed E-state index contributed by atoms with van der Waals surface area (Å²) in [6.07, 6.45) is 3.16. The number of Topliss-reactive ketones (excluding diaryl/α,β-unsaturated/α-hetero) is 1. The molecule has 94 valence electrons. The highest BCUT2D eigenvalue weighted by Crippen LogP contribution is 2.27. The highest BCUT2D eigenvalue weighted by Gasteiger charge is 2.23. The molecule has 0 spiro atoms. The van der Waals surface area contributed by atoms with Gasteiger partial charge in [-0.15, -0.1) is 0 Å². The average molecular weight is 315 g/mol. The Kier molecular flexibility index (Phi) is 4.08. The van der Waals surface area contributed by atoms with E-state index in [-0.39, 0.29) is 5.78 Å². The van der Waals surface area contributed by atoms with Gasteiger partial charge in [-0.3, -0.25) is 9.78 Å². The van der Waals surface area contributed by atoms with Crippen LogP contribution in [0.5, 0.6) is 0 Å². The molecule has 0 saturated heterocycles. The van der Waals surface area contributed by atoms with Crippen molar-refractivity contribution in [3.63, 3.8) is 0 Å². The predicted molar refractivity (Wildman–Crippen MR) is 75.8 cm³/mol. The van der Waals surface area contributed by atoms with Gasteiger partial charge in [0.05, 0.1) is 6.07 Å². The number of carbonyl (C=O) groups is 1. The van der Waals surface area contributed by atoms with E-state index >= 15 is 0 Å². The number of aryl methyl sites for hydroxylation is 1. The predicted octanol–water partition coefficient (Wildman–Crippen LogP) is 3.64. The molecule has 0 aliphatic heterocycles. The monoisotopic (exact) mass is 314 g/mol. The normalized spacial score (nSPS) is 11.6. The first-order chi connectivity index (χ1) is 9.15. The molecule has 0 N–H and O–H groups in total. The van der Waals surface area contributed by atoms with Crippen LogP contribution in [0, 0.1) is 18.3 Å². The molecule has 3 nitrogen and oxygen atoms in total. The van der Waals surface area contributed by atoms with E-state index in [9.17, 15) is 10.1 Å². The molecule has 0 amide bonds. The number of aromatic nitrogens is 1. The largest absolute Gasteiger partial charge is 0.292 e. The van der Waals surface area contributed by atoms with Crippen molar-refractivity contribution in [3.05, 3.63) is 63.9 Å². The summed E-state index contributed by atoms with van der Waals surface area (Å²) < 4.78 is 0.745. The Morgan fingerprint density at radius 2 is 2.00 bits per heavy atom. The van der Waals surface area contributed by atoms with Crippen LogP contribution in [0.15, 0.2) is 47.2 Å². The van der Waals surface area contributed by atoms with Gasteiger partial charge in [0.15, 0.2) is 5.78 Å². The van der Waals surface area contributed by atoms with Crippen LogP contribution in [-0.2, 0) is 0 Å². The molecule has 19 heavy (non-hydrogen) atoms. The molecule has 0 saturated carbocycles. The van der Waals surface area contributed by atoms with Gasteiger partial charge in [0, 0.05) is 22.4 Å². The van der Waals surface area contributed by atoms with Crippen LogP contribution in [0.25, 0.3) is 0 Å². The lowest BCUT2D eigenvalue weighted by Gasteiger charge is -2.11. The van der Waals surface area contributed by atoms with Gasteiger partial charge < -0.3 is 0 Å². The topological polar surface area (TPSA) is 53.8 Å². The number of carbonyl (C=O) groups excluding carboxylic acids is 1. The quantitative estimate of drug-likeness (QED) is 0.813. The first-order valence-corrected chi connectivity index (χ1v) is 6.53. The van der Waals surface area contributed by atoms with E-state index in [0.717, 1.165) is 10.0 Å². The first-order valence-electron chi connectivity index (χ1n) is 5.74. The minimum absolute atomic E-state index is 0.204. The van der Waals surface area contributed by atoms with Crippen LogP contribution in [0.2, 0.25) is 0 Å². The molecule has 0 aliphatic rings. The summed E-state index contributed by atoms with van der Waals surface area (Å²) in [7, 11) is 0. The minimum atomic E-state index is -0.805. The molecule has 1 aromatic carbocycles. The summed E-state index contributed by atoms with van der Waals surface area (Å²) in [5.41, 5.74) is 2.16. The number of pyridine rings is 1. The summed E-state index contributed by atoms with van der Waals surface area (Å²) in [5, 5.41) is 9.26. The minimum Gasteiger partial charge on any atom is -0.292 e. The summed E-state index contributed by atoms with van der Waals surface area (Å²) in [5.74, 6) is -1.01. The smallest absolute Gasteiger partial charge is 0.185 e. The maximum atomic E-state index is 12.5. The SMILES string of the molecule is Cc1cccc(C(=O)C(C#N)c2ccncc2)c1Br. The lowest BCUT2D eigenvalue weighted by molar-refractivity contribution is 0.0978. The second kappa shape index (κ2) is 5.77. The second-order valence-electron chi connectivity index (χ2n) is 4.14. The van der Waals surface area contributed by atoms with Crippen molar-refractivity contribution in [3.8, 4) is 6.07 Å². The van der Waals surface area contributed by atoms with E-state index in [2.05, 4.69) is 27.0 Å². The highest BCUT2D eigenvalue weighted by molar-refractivity contribution is 9.10. The zero-order valence-electron chi connectivity index (χ0n) is 10.3. The van der Waals surface area contributed by atoms with E-state index in [1.165, 1.54) is 0 Å². The van der Waals surface area contributed by atoms with E-state index in [1.807, 2.05) is 19.1 Å². The van der Waals surface area contributed by atoms with Gasteiger partial charge in [0.2, 0.25) is 0 Å². The van der Waals surface area contributed by atoms with Crippen molar-refractivity contribution in [2.24, 2.45) is 0 Å². The summed E-state index contributed by atoms with van der Waals surface area (Å²) in [4.78, 5) is 16.4. The summed E-state index contributed by atoms with van der Waals surface area (Å²) in [6.45, 7) is 1.91. The zero-order chi connectivity index (χ0) is 13.8. The molecule has 0 bridgehead atoms. The number of rotatable bonds is 3. The number of ketones is 1. The molecule has 1 atom stereocenters. The molecular formula is C15H11BrN2O. The molecular weight excluding hydrogens is 304 g/mol.